The van der Waals surface area contributed by atoms with E-state index in [1.165, 1.54) is 18.2 Å². The van der Waals surface area contributed by atoms with Crippen molar-refractivity contribution >= 4 is 17.3 Å². The predicted molar refractivity (Wildman–Crippen MR) is 137 cm³/mol. The van der Waals surface area contributed by atoms with Gasteiger partial charge in [0.2, 0.25) is 5.88 Å². The first-order valence-corrected chi connectivity index (χ1v) is 13.1. The van der Waals surface area contributed by atoms with Gasteiger partial charge in [0.15, 0.2) is 0 Å². The Labute approximate surface area is 223 Å². The molecule has 0 bridgehead atoms. The van der Waals surface area contributed by atoms with E-state index in [4.69, 9.17) is 4.74 Å². The normalized spacial score (nSPS) is 22.3. The number of carboxylic acids is 1. The highest BCUT2D eigenvalue weighted by Gasteiger charge is 2.60. The van der Waals surface area contributed by atoms with Crippen LogP contribution < -0.4 is 9.64 Å². The number of pyridine rings is 1. The molecule has 1 saturated carbocycles. The largest absolute Gasteiger partial charge is 0.481 e. The van der Waals surface area contributed by atoms with E-state index in [-0.39, 0.29) is 42.2 Å². The summed E-state index contributed by atoms with van der Waals surface area (Å²) in [7, 11) is 0. The Bertz CT molecular complexity index is 1500. The zero-order chi connectivity index (χ0) is 27.9. The van der Waals surface area contributed by atoms with Crippen LogP contribution in [0.3, 0.4) is 0 Å². The van der Waals surface area contributed by atoms with Gasteiger partial charge in [-0.3, -0.25) is 4.79 Å². The smallest absolute Gasteiger partial charge is 0.418 e. The maximum atomic E-state index is 15.3. The Morgan fingerprint density at radius 3 is 2.62 bits per heavy atom. The third-order valence-corrected chi connectivity index (χ3v) is 8.39. The number of halogens is 4. The predicted octanol–water partition coefficient (Wildman–Crippen LogP) is 6.78. The van der Waals surface area contributed by atoms with Crippen LogP contribution in [0.25, 0.3) is 0 Å². The average Bonchev–Trinajstić information content (AvgIpc) is 3.36. The molecule has 0 radical (unpaired) electrons. The van der Waals surface area contributed by atoms with Gasteiger partial charge in [0.25, 0.3) is 0 Å². The summed E-state index contributed by atoms with van der Waals surface area (Å²) >= 11 is 0. The van der Waals surface area contributed by atoms with Gasteiger partial charge >= 0.3 is 12.1 Å². The molecule has 0 saturated heterocycles. The van der Waals surface area contributed by atoms with Crippen LogP contribution in [-0.4, -0.2) is 22.6 Å². The number of anilines is 2. The Kier molecular flexibility index (Phi) is 5.72. The van der Waals surface area contributed by atoms with Crippen molar-refractivity contribution in [1.29, 1.82) is 0 Å². The van der Waals surface area contributed by atoms with Crippen molar-refractivity contribution in [3.05, 3.63) is 81.8 Å². The van der Waals surface area contributed by atoms with Crippen LogP contribution in [0.4, 0.5) is 28.9 Å². The molecule has 0 amide bonds. The lowest BCUT2D eigenvalue weighted by Gasteiger charge is -2.25. The Hall–Kier alpha value is -3.62. The summed E-state index contributed by atoms with van der Waals surface area (Å²) in [6.45, 7) is 5.85. The van der Waals surface area contributed by atoms with Crippen molar-refractivity contribution in [3.8, 4) is 5.88 Å². The number of nitrogens with zero attached hydrogens (tertiary/aromatic N) is 2. The first-order chi connectivity index (χ1) is 18.4. The van der Waals surface area contributed by atoms with Crippen molar-refractivity contribution in [2.45, 2.75) is 57.7 Å². The Morgan fingerprint density at radius 2 is 1.92 bits per heavy atom. The van der Waals surface area contributed by atoms with Crippen molar-refractivity contribution in [1.82, 2.24) is 4.98 Å². The lowest BCUT2D eigenvalue weighted by atomic mass is 9.86. The maximum absolute atomic E-state index is 15.3. The number of rotatable bonds is 6. The highest BCUT2D eigenvalue weighted by molar-refractivity contribution is 5.78. The minimum atomic E-state index is -4.53. The van der Waals surface area contributed by atoms with E-state index >= 15 is 4.39 Å². The van der Waals surface area contributed by atoms with Crippen LogP contribution in [0.1, 0.15) is 60.2 Å². The van der Waals surface area contributed by atoms with Crippen LogP contribution in [0.5, 0.6) is 5.88 Å². The summed E-state index contributed by atoms with van der Waals surface area (Å²) in [4.78, 5) is 17.7. The summed E-state index contributed by atoms with van der Waals surface area (Å²) < 4.78 is 62.7. The second-order valence-corrected chi connectivity index (χ2v) is 11.3. The highest BCUT2D eigenvalue weighted by atomic mass is 19.4. The number of carbonyl (C=O) groups is 1. The zero-order valence-corrected chi connectivity index (χ0v) is 21.8. The SMILES string of the molecule is CCc1nc(OCc2cc3c(cc2F)C(C)(C)CN3c2ccccc2C(F)(F)F)cc2c1[C@H]1[C@@H](C2)[C@@H]1C(=O)O. The molecule has 1 aromatic heterocycles. The topological polar surface area (TPSA) is 62.7 Å². The summed E-state index contributed by atoms with van der Waals surface area (Å²) in [5.41, 5.74) is 2.92. The first-order valence-electron chi connectivity index (χ1n) is 13.1. The van der Waals surface area contributed by atoms with Gasteiger partial charge in [-0.15, -0.1) is 0 Å². The van der Waals surface area contributed by atoms with Crippen molar-refractivity contribution < 1.29 is 32.2 Å². The summed E-state index contributed by atoms with van der Waals surface area (Å²) in [6.07, 6.45) is -3.26. The number of alkyl halides is 3. The molecule has 2 aliphatic carbocycles. The fourth-order valence-corrected chi connectivity index (χ4v) is 6.53. The van der Waals surface area contributed by atoms with Crippen molar-refractivity contribution in [2.75, 3.05) is 11.4 Å². The molecular formula is C30H28F4N2O3. The lowest BCUT2D eigenvalue weighted by molar-refractivity contribution is -0.139. The molecule has 1 N–H and O–H groups in total. The number of benzene rings is 2. The van der Waals surface area contributed by atoms with Gasteiger partial charge in [-0.2, -0.15) is 13.2 Å². The van der Waals surface area contributed by atoms with Gasteiger partial charge in [0.05, 0.1) is 17.2 Å². The van der Waals surface area contributed by atoms with Gasteiger partial charge in [0, 0.05) is 40.9 Å². The molecule has 5 nitrogen and oxygen atoms in total. The molecule has 0 unspecified atom stereocenters. The van der Waals surface area contributed by atoms with E-state index in [2.05, 4.69) is 4.98 Å². The second-order valence-electron chi connectivity index (χ2n) is 11.3. The van der Waals surface area contributed by atoms with E-state index in [0.29, 0.717) is 30.0 Å². The fourth-order valence-electron chi connectivity index (χ4n) is 6.53. The van der Waals surface area contributed by atoms with E-state index in [9.17, 15) is 23.1 Å². The van der Waals surface area contributed by atoms with E-state index in [0.717, 1.165) is 22.9 Å². The van der Waals surface area contributed by atoms with E-state index in [1.807, 2.05) is 20.8 Å². The number of para-hydroxylation sites is 1. The van der Waals surface area contributed by atoms with Gasteiger partial charge in [-0.1, -0.05) is 32.9 Å². The molecule has 3 aromatic rings. The maximum Gasteiger partial charge on any atom is 0.418 e. The number of hydrogen-bond acceptors (Lipinski definition) is 4. The molecule has 1 aliphatic heterocycles. The van der Waals surface area contributed by atoms with Crippen LogP contribution >= 0.6 is 0 Å². The Balaban J connectivity index is 1.31. The minimum absolute atomic E-state index is 0.00271. The molecule has 6 rings (SSSR count). The zero-order valence-electron chi connectivity index (χ0n) is 21.8. The number of fused-ring (bicyclic) bond motifs is 4. The minimum Gasteiger partial charge on any atom is -0.481 e. The van der Waals surface area contributed by atoms with E-state index in [1.54, 1.807) is 23.1 Å². The Morgan fingerprint density at radius 1 is 1.18 bits per heavy atom. The number of aliphatic carboxylic acids is 1. The number of aryl methyl sites for hydroxylation is 1. The van der Waals surface area contributed by atoms with Crippen LogP contribution in [-0.2, 0) is 35.8 Å². The number of aromatic nitrogens is 1. The molecule has 1 fully saturated rings. The lowest BCUT2D eigenvalue weighted by Crippen LogP contribution is -2.26. The number of hydrogen-bond donors (Lipinski definition) is 1. The average molecular weight is 541 g/mol. The molecule has 39 heavy (non-hydrogen) atoms. The summed E-state index contributed by atoms with van der Waals surface area (Å²) in [5.74, 6) is -1.21. The van der Waals surface area contributed by atoms with Gasteiger partial charge in [-0.25, -0.2) is 9.37 Å². The summed E-state index contributed by atoms with van der Waals surface area (Å²) in [5, 5.41) is 9.44. The second kappa shape index (κ2) is 8.69. The van der Waals surface area contributed by atoms with Gasteiger partial charge in [0.1, 0.15) is 12.4 Å². The third-order valence-electron chi connectivity index (χ3n) is 8.39. The van der Waals surface area contributed by atoms with Crippen LogP contribution in [0, 0.1) is 17.7 Å². The van der Waals surface area contributed by atoms with Crippen molar-refractivity contribution in [2.24, 2.45) is 11.8 Å². The molecule has 3 aliphatic rings. The fraction of sp³-hybridized carbons (Fsp3) is 0.400. The molecule has 9 heteroatoms. The first kappa shape index (κ1) is 25.6. The number of carboxylic acid groups (broad SMARTS) is 1. The monoisotopic (exact) mass is 540 g/mol. The summed E-state index contributed by atoms with van der Waals surface area (Å²) in [6, 6.07) is 10.2. The standard InChI is InChI=1S/C30H28F4N2O3/c1-4-21-25-15(9-17-26(25)27(17)28(37)38)11-24(35-21)39-13-16-10-23-19(12-20(16)31)29(2,3)14-36(23)22-8-6-5-7-18(22)30(32,33)34/h5-8,10-12,17,26-27H,4,9,13-14H2,1-3H3,(H,37,38)/t17-,26-,27+/m1/s1. The van der Waals surface area contributed by atoms with Gasteiger partial charge < -0.3 is 14.7 Å². The molecule has 0 spiro atoms. The van der Waals surface area contributed by atoms with Crippen LogP contribution in [0.15, 0.2) is 42.5 Å². The van der Waals surface area contributed by atoms with Gasteiger partial charge in [-0.05, 0) is 59.7 Å². The quantitative estimate of drug-likeness (QED) is 0.349. The molecule has 204 valence electrons. The number of ether oxygens (including phenoxy) is 1. The molecule has 3 atom stereocenters. The highest BCUT2D eigenvalue weighted by Crippen LogP contribution is 2.62. The van der Waals surface area contributed by atoms with E-state index < -0.39 is 28.9 Å². The third kappa shape index (κ3) is 4.13. The molecule has 2 heterocycles. The van der Waals surface area contributed by atoms with Crippen molar-refractivity contribution in [3.63, 3.8) is 0 Å². The molecule has 2 aromatic carbocycles. The van der Waals surface area contributed by atoms with Crippen LogP contribution in [0.2, 0.25) is 0 Å². The molecular weight excluding hydrogens is 512 g/mol.